The van der Waals surface area contributed by atoms with Crippen LogP contribution in [0.1, 0.15) is 44.7 Å². The smallest absolute Gasteiger partial charge is 0.242 e. The first-order valence-electron chi connectivity index (χ1n) is 6.81. The maximum Gasteiger partial charge on any atom is 0.242 e. The van der Waals surface area contributed by atoms with Gasteiger partial charge in [-0.05, 0) is 30.4 Å². The fourth-order valence-corrected chi connectivity index (χ4v) is 3.68. The van der Waals surface area contributed by atoms with Crippen LogP contribution in [-0.2, 0) is 10.0 Å². The van der Waals surface area contributed by atoms with Crippen LogP contribution in [0.5, 0.6) is 0 Å². The zero-order valence-corrected chi connectivity index (χ0v) is 12.4. The van der Waals surface area contributed by atoms with Gasteiger partial charge in [0.25, 0.3) is 0 Å². The number of rotatable bonds is 4. The van der Waals surface area contributed by atoms with Crippen molar-refractivity contribution in [3.8, 4) is 6.07 Å². The summed E-state index contributed by atoms with van der Waals surface area (Å²) >= 11 is 0. The molecule has 0 spiro atoms. The molecule has 0 amide bonds. The predicted octanol–water partition coefficient (Wildman–Crippen LogP) is 2.20. The third-order valence-electron chi connectivity index (χ3n) is 3.91. The molecule has 0 bridgehead atoms. The van der Waals surface area contributed by atoms with Crippen molar-refractivity contribution in [1.82, 2.24) is 9.71 Å². The van der Waals surface area contributed by atoms with E-state index in [1.165, 1.54) is 24.8 Å². The molecule has 1 aromatic heterocycles. The topological polar surface area (TPSA) is 82.9 Å². The van der Waals surface area contributed by atoms with Crippen LogP contribution >= 0.6 is 0 Å². The highest BCUT2D eigenvalue weighted by molar-refractivity contribution is 7.89. The molecule has 1 N–H and O–H groups in total. The number of nitriles is 1. The molecule has 1 aliphatic rings. The Morgan fingerprint density at radius 2 is 2.05 bits per heavy atom. The third kappa shape index (κ3) is 3.56. The summed E-state index contributed by atoms with van der Waals surface area (Å²) in [6.45, 7) is 2.58. The molecule has 108 valence electrons. The standard InChI is InChI=1S/C14H19N3O2S/c1-14(7-3-2-4-8-14)11-17-20(18,19)13-6-5-12(9-15)16-10-13/h5-6,10,17H,2-4,7-8,11H2,1H3. The van der Waals surface area contributed by atoms with Crippen molar-refractivity contribution >= 4 is 10.0 Å². The van der Waals surface area contributed by atoms with Crippen LogP contribution in [0.2, 0.25) is 0 Å². The van der Waals surface area contributed by atoms with Crippen LogP contribution < -0.4 is 4.72 Å². The van der Waals surface area contributed by atoms with E-state index in [0.717, 1.165) is 25.7 Å². The Morgan fingerprint density at radius 1 is 1.35 bits per heavy atom. The Bertz CT molecular complexity index is 596. The summed E-state index contributed by atoms with van der Waals surface area (Å²) in [7, 11) is -3.54. The Morgan fingerprint density at radius 3 is 2.60 bits per heavy atom. The van der Waals surface area contributed by atoms with E-state index in [1.807, 2.05) is 6.07 Å². The van der Waals surface area contributed by atoms with Gasteiger partial charge in [0.2, 0.25) is 10.0 Å². The van der Waals surface area contributed by atoms with E-state index in [1.54, 1.807) is 0 Å². The second-order valence-electron chi connectivity index (χ2n) is 5.69. The van der Waals surface area contributed by atoms with Gasteiger partial charge in [0.1, 0.15) is 16.7 Å². The van der Waals surface area contributed by atoms with Gasteiger partial charge in [0, 0.05) is 12.7 Å². The van der Waals surface area contributed by atoms with Gasteiger partial charge in [-0.1, -0.05) is 26.2 Å². The molecule has 1 aromatic rings. The maximum absolute atomic E-state index is 12.2. The Balaban J connectivity index is 2.05. The van der Waals surface area contributed by atoms with Crippen LogP contribution in [0.3, 0.4) is 0 Å². The Hall–Kier alpha value is -1.45. The summed E-state index contributed by atoms with van der Waals surface area (Å²) in [5.41, 5.74) is 0.258. The van der Waals surface area contributed by atoms with Gasteiger partial charge in [0.15, 0.2) is 0 Å². The zero-order chi connectivity index (χ0) is 14.6. The fourth-order valence-electron chi connectivity index (χ4n) is 2.54. The summed E-state index contributed by atoms with van der Waals surface area (Å²) in [5.74, 6) is 0. The van der Waals surface area contributed by atoms with Crippen molar-refractivity contribution in [3.05, 3.63) is 24.0 Å². The molecule has 1 heterocycles. The third-order valence-corrected chi connectivity index (χ3v) is 5.30. The van der Waals surface area contributed by atoms with Crippen molar-refractivity contribution in [1.29, 1.82) is 5.26 Å². The van der Waals surface area contributed by atoms with Crippen molar-refractivity contribution in [2.45, 2.75) is 43.9 Å². The number of pyridine rings is 1. The van der Waals surface area contributed by atoms with E-state index < -0.39 is 10.0 Å². The molecule has 1 aliphatic carbocycles. The first-order valence-corrected chi connectivity index (χ1v) is 8.29. The van der Waals surface area contributed by atoms with Gasteiger partial charge in [-0.15, -0.1) is 0 Å². The van der Waals surface area contributed by atoms with Crippen molar-refractivity contribution in [3.63, 3.8) is 0 Å². The lowest BCUT2D eigenvalue weighted by molar-refractivity contribution is 0.219. The van der Waals surface area contributed by atoms with Gasteiger partial charge in [-0.25, -0.2) is 18.1 Å². The van der Waals surface area contributed by atoms with E-state index in [4.69, 9.17) is 5.26 Å². The quantitative estimate of drug-likeness (QED) is 0.922. The number of sulfonamides is 1. The molecule has 20 heavy (non-hydrogen) atoms. The molecule has 0 radical (unpaired) electrons. The maximum atomic E-state index is 12.2. The number of hydrogen-bond donors (Lipinski definition) is 1. The Kier molecular flexibility index (Phi) is 4.41. The minimum Gasteiger partial charge on any atom is -0.244 e. The lowest BCUT2D eigenvalue weighted by atomic mass is 9.76. The van der Waals surface area contributed by atoms with Gasteiger partial charge in [0.05, 0.1) is 0 Å². The molecule has 0 aromatic carbocycles. The zero-order valence-electron chi connectivity index (χ0n) is 11.6. The molecule has 6 heteroatoms. The number of nitrogens with one attached hydrogen (secondary N) is 1. The monoisotopic (exact) mass is 293 g/mol. The second-order valence-corrected chi connectivity index (χ2v) is 7.45. The fraction of sp³-hybridized carbons (Fsp3) is 0.571. The first kappa shape index (κ1) is 14.9. The van der Waals surface area contributed by atoms with Gasteiger partial charge < -0.3 is 0 Å². The lowest BCUT2D eigenvalue weighted by Gasteiger charge is -2.33. The van der Waals surface area contributed by atoms with Gasteiger partial charge in [-0.2, -0.15) is 5.26 Å². The SMILES string of the molecule is CC1(CNS(=O)(=O)c2ccc(C#N)nc2)CCCCC1. The van der Waals surface area contributed by atoms with Crippen molar-refractivity contribution in [2.75, 3.05) is 6.54 Å². The molecular weight excluding hydrogens is 274 g/mol. The second kappa shape index (κ2) is 5.90. The average Bonchev–Trinajstić information content (AvgIpc) is 2.46. The highest BCUT2D eigenvalue weighted by Gasteiger charge is 2.28. The summed E-state index contributed by atoms with van der Waals surface area (Å²) in [4.78, 5) is 3.90. The summed E-state index contributed by atoms with van der Waals surface area (Å²) in [6.07, 6.45) is 6.90. The van der Waals surface area contributed by atoms with Crippen molar-refractivity contribution < 1.29 is 8.42 Å². The van der Waals surface area contributed by atoms with Crippen LogP contribution in [0, 0.1) is 16.7 Å². The summed E-state index contributed by atoms with van der Waals surface area (Å²) in [6, 6.07) is 4.70. The minimum atomic E-state index is -3.54. The highest BCUT2D eigenvalue weighted by atomic mass is 32.2. The van der Waals surface area contributed by atoms with Crippen molar-refractivity contribution in [2.24, 2.45) is 5.41 Å². The molecule has 0 saturated heterocycles. The number of hydrogen-bond acceptors (Lipinski definition) is 4. The molecule has 5 nitrogen and oxygen atoms in total. The van der Waals surface area contributed by atoms with E-state index in [9.17, 15) is 8.42 Å². The van der Waals surface area contributed by atoms with Crippen LogP contribution in [0.15, 0.2) is 23.2 Å². The number of nitrogens with zero attached hydrogens (tertiary/aromatic N) is 2. The van der Waals surface area contributed by atoms with Gasteiger partial charge in [-0.3, -0.25) is 0 Å². The molecule has 0 aliphatic heterocycles. The highest BCUT2D eigenvalue weighted by Crippen LogP contribution is 2.35. The van der Waals surface area contributed by atoms with Crippen LogP contribution in [-0.4, -0.2) is 19.9 Å². The average molecular weight is 293 g/mol. The summed E-state index contributed by atoms with van der Waals surface area (Å²) < 4.78 is 27.0. The lowest BCUT2D eigenvalue weighted by Crippen LogP contribution is -2.37. The predicted molar refractivity (Wildman–Crippen MR) is 75.3 cm³/mol. The van der Waals surface area contributed by atoms with E-state index in [-0.39, 0.29) is 16.0 Å². The molecule has 0 atom stereocenters. The van der Waals surface area contributed by atoms with E-state index in [0.29, 0.717) is 6.54 Å². The number of aromatic nitrogens is 1. The molecule has 1 fully saturated rings. The van der Waals surface area contributed by atoms with E-state index >= 15 is 0 Å². The minimum absolute atomic E-state index is 0.0470. The van der Waals surface area contributed by atoms with Crippen LogP contribution in [0.4, 0.5) is 0 Å². The molecular formula is C14H19N3O2S. The molecule has 1 saturated carbocycles. The Labute approximate surface area is 120 Å². The normalized spacial score (nSPS) is 18.4. The largest absolute Gasteiger partial charge is 0.244 e. The van der Waals surface area contributed by atoms with Crippen LogP contribution in [0.25, 0.3) is 0 Å². The van der Waals surface area contributed by atoms with E-state index in [2.05, 4.69) is 16.6 Å². The molecule has 2 rings (SSSR count). The summed E-state index contributed by atoms with van der Waals surface area (Å²) in [5, 5.41) is 8.66. The van der Waals surface area contributed by atoms with Gasteiger partial charge >= 0.3 is 0 Å². The first-order chi connectivity index (χ1) is 9.45. The molecule has 0 unspecified atom stereocenters.